The second-order valence-electron chi connectivity index (χ2n) is 9.18. The molecule has 0 bridgehead atoms. The summed E-state index contributed by atoms with van der Waals surface area (Å²) in [6.07, 6.45) is 3.88. The highest BCUT2D eigenvalue weighted by Crippen LogP contribution is 2.30. The highest BCUT2D eigenvalue weighted by atomic mass is 35.7. The van der Waals surface area contributed by atoms with Crippen molar-refractivity contribution in [2.24, 2.45) is 5.16 Å². The number of oxime groups is 1. The number of para-hydroxylation sites is 2. The van der Waals surface area contributed by atoms with Gasteiger partial charge in [-0.3, -0.25) is 9.69 Å². The minimum atomic E-state index is -4.69. The number of hydrogen-bond acceptors (Lipinski definition) is 10. The Labute approximate surface area is 213 Å². The first-order chi connectivity index (χ1) is 16.6. The van der Waals surface area contributed by atoms with Gasteiger partial charge < -0.3 is 24.9 Å². The van der Waals surface area contributed by atoms with Crippen molar-refractivity contribution in [3.8, 4) is 5.75 Å². The number of piperazine rings is 1. The first-order valence-corrected chi connectivity index (χ1v) is 13.2. The van der Waals surface area contributed by atoms with Gasteiger partial charge >= 0.3 is 0 Å². The van der Waals surface area contributed by atoms with Crippen LogP contribution in [-0.4, -0.2) is 89.6 Å². The fraction of sp³-hybridized carbons (Fsp3) is 0.652. The van der Waals surface area contributed by atoms with E-state index in [0.29, 0.717) is 13.0 Å². The Morgan fingerprint density at radius 2 is 1.81 bits per heavy atom. The molecule has 0 aliphatic carbocycles. The number of carbonyl (C=O) groups excluding carboxylic acids is 1. The molecule has 1 atom stereocenters. The number of ether oxygens (including phenoxy) is 1. The van der Waals surface area contributed by atoms with Crippen molar-refractivity contribution in [1.29, 1.82) is 0 Å². The molecule has 3 N–H and O–H groups in total. The van der Waals surface area contributed by atoms with Gasteiger partial charge in [0.05, 0.1) is 38.9 Å². The van der Waals surface area contributed by atoms with Gasteiger partial charge in [0.25, 0.3) is 0 Å². The number of hydrogen-bond donors (Lipinski definition) is 1. The summed E-state index contributed by atoms with van der Waals surface area (Å²) in [5.41, 5.74) is 2.19. The van der Waals surface area contributed by atoms with Crippen LogP contribution in [0.5, 0.6) is 5.75 Å². The Kier molecular flexibility index (Phi) is 11.6. The Balaban J connectivity index is 0.000000694. The molecule has 12 nitrogen and oxygen atoms in total. The van der Waals surface area contributed by atoms with Crippen molar-refractivity contribution in [3.63, 3.8) is 0 Å². The molecule has 13 heteroatoms. The molecule has 0 aromatic heterocycles. The molecule has 4 rings (SSSR count). The summed E-state index contributed by atoms with van der Waals surface area (Å²) < 4.78 is 38.7. The minimum Gasteiger partial charge on any atom is -0.489 e. The number of amides is 1. The predicted octanol–water partition coefficient (Wildman–Crippen LogP) is -2.20. The van der Waals surface area contributed by atoms with Crippen LogP contribution in [0.3, 0.4) is 0 Å². The summed E-state index contributed by atoms with van der Waals surface area (Å²) in [6.45, 7) is 10.4. The standard InChI is InChI=1S/C23H34N4O3.ClHO4.H2O/c1-18(2)29-22-8-4-3-7-21(22)26-13-11-25(12-14-26)17-20-15-19(24-30-20)16-27-10-6-5-9-23(27)28;2-1(3,4)5;/h3-4,7-8,18,20H,5-6,9-17H2,1-2H3;(H,2,3,4,5);1H2. The van der Waals surface area contributed by atoms with Gasteiger partial charge in [0, 0.05) is 52.1 Å². The summed E-state index contributed by atoms with van der Waals surface area (Å²) in [6, 6.07) is 8.31. The predicted molar refractivity (Wildman–Crippen MR) is 124 cm³/mol. The van der Waals surface area contributed by atoms with Crippen LogP contribution in [0, 0.1) is 10.2 Å². The monoisotopic (exact) mass is 532 g/mol. The van der Waals surface area contributed by atoms with E-state index in [0.717, 1.165) is 70.0 Å². The molecule has 1 aromatic rings. The van der Waals surface area contributed by atoms with E-state index in [4.69, 9.17) is 28.2 Å². The first kappa shape index (κ1) is 30.0. The third-order valence-corrected chi connectivity index (χ3v) is 5.99. The molecule has 2 fully saturated rings. The van der Waals surface area contributed by atoms with Gasteiger partial charge in [-0.1, -0.05) is 17.3 Å². The van der Waals surface area contributed by atoms with E-state index in [1.807, 2.05) is 11.0 Å². The van der Waals surface area contributed by atoms with Crippen LogP contribution >= 0.6 is 0 Å². The average Bonchev–Trinajstić information content (AvgIpc) is 3.22. The molecular formula is C23H37ClN4O8. The number of nitrogens with zero attached hydrogens (tertiary/aromatic N) is 4. The molecule has 1 amide bonds. The molecule has 0 spiro atoms. The van der Waals surface area contributed by atoms with Crippen LogP contribution in [0.2, 0.25) is 0 Å². The van der Waals surface area contributed by atoms with Gasteiger partial charge in [0.15, 0.2) is 0 Å². The van der Waals surface area contributed by atoms with Crippen LogP contribution in [-0.2, 0) is 9.63 Å². The van der Waals surface area contributed by atoms with Gasteiger partial charge in [0.1, 0.15) is 11.9 Å². The fourth-order valence-corrected chi connectivity index (χ4v) is 4.46. The summed E-state index contributed by atoms with van der Waals surface area (Å²) >= 11 is 0. The van der Waals surface area contributed by atoms with Crippen LogP contribution in [0.25, 0.3) is 0 Å². The van der Waals surface area contributed by atoms with E-state index in [-0.39, 0.29) is 23.6 Å². The zero-order chi connectivity index (χ0) is 25.4. The van der Waals surface area contributed by atoms with Crippen molar-refractivity contribution >= 4 is 17.3 Å². The molecule has 1 aromatic carbocycles. The first-order valence-electron chi connectivity index (χ1n) is 11.9. The third kappa shape index (κ3) is 10.1. The van der Waals surface area contributed by atoms with Gasteiger partial charge in [-0.05, 0) is 38.8 Å². The summed E-state index contributed by atoms with van der Waals surface area (Å²) in [5.74, 6) is 1.22. The molecule has 0 saturated carbocycles. The average molecular weight is 533 g/mol. The largest absolute Gasteiger partial charge is 0.489 e. The van der Waals surface area contributed by atoms with Crippen molar-refractivity contribution < 1.29 is 48.7 Å². The molecular weight excluding hydrogens is 496 g/mol. The van der Waals surface area contributed by atoms with E-state index in [2.05, 4.69) is 47.0 Å². The number of benzene rings is 1. The van der Waals surface area contributed by atoms with Gasteiger partial charge in [-0.15, -0.1) is 0 Å². The zero-order valence-electron chi connectivity index (χ0n) is 20.8. The lowest BCUT2D eigenvalue weighted by atomic mass is 10.1. The number of carbonyl (C=O) groups is 1. The third-order valence-electron chi connectivity index (χ3n) is 5.99. The van der Waals surface area contributed by atoms with Gasteiger partial charge in [0.2, 0.25) is 5.91 Å². The summed E-state index contributed by atoms with van der Waals surface area (Å²) in [7, 11) is -4.69. The molecule has 204 valence electrons. The Hall–Kier alpha value is -2.19. The maximum absolute atomic E-state index is 12.0. The Bertz CT molecular complexity index is 853. The molecule has 3 aliphatic rings. The number of likely N-dealkylation sites (tertiary alicyclic amines) is 1. The normalized spacial score (nSPS) is 20.8. The van der Waals surface area contributed by atoms with E-state index in [1.54, 1.807) is 0 Å². The molecule has 36 heavy (non-hydrogen) atoms. The maximum atomic E-state index is 12.0. The van der Waals surface area contributed by atoms with Crippen molar-refractivity contribution in [2.75, 3.05) is 50.7 Å². The van der Waals surface area contributed by atoms with Crippen LogP contribution < -0.4 is 23.6 Å². The van der Waals surface area contributed by atoms with E-state index < -0.39 is 10.2 Å². The zero-order valence-corrected chi connectivity index (χ0v) is 21.6. The fourth-order valence-electron chi connectivity index (χ4n) is 4.46. The number of rotatable bonds is 7. The highest BCUT2D eigenvalue weighted by Gasteiger charge is 2.29. The van der Waals surface area contributed by atoms with E-state index >= 15 is 0 Å². The molecule has 1 unspecified atom stereocenters. The van der Waals surface area contributed by atoms with Crippen molar-refractivity contribution in [3.05, 3.63) is 24.3 Å². The van der Waals surface area contributed by atoms with Crippen LogP contribution in [0.15, 0.2) is 29.4 Å². The van der Waals surface area contributed by atoms with E-state index in [1.165, 1.54) is 5.69 Å². The molecule has 2 saturated heterocycles. The topological polar surface area (TPSA) is 179 Å². The molecule has 0 radical (unpaired) electrons. The van der Waals surface area contributed by atoms with Crippen molar-refractivity contribution in [1.82, 2.24) is 9.80 Å². The molecule has 3 heterocycles. The van der Waals surface area contributed by atoms with Crippen molar-refractivity contribution in [2.45, 2.75) is 51.7 Å². The maximum Gasteiger partial charge on any atom is 0.222 e. The molecule has 3 aliphatic heterocycles. The van der Waals surface area contributed by atoms with Crippen LogP contribution in [0.4, 0.5) is 5.69 Å². The quantitative estimate of drug-likeness (QED) is 0.408. The lowest BCUT2D eigenvalue weighted by Crippen LogP contribution is -2.58. The summed E-state index contributed by atoms with van der Waals surface area (Å²) in [5, 5.41) is 4.28. The van der Waals surface area contributed by atoms with Gasteiger partial charge in [-0.2, -0.15) is 14.0 Å². The summed E-state index contributed by atoms with van der Waals surface area (Å²) in [4.78, 5) is 24.5. The smallest absolute Gasteiger partial charge is 0.222 e. The number of halogens is 1. The second kappa shape index (κ2) is 13.9. The highest BCUT2D eigenvalue weighted by molar-refractivity contribution is 5.91. The van der Waals surface area contributed by atoms with E-state index in [9.17, 15) is 4.79 Å². The second-order valence-corrected chi connectivity index (χ2v) is 9.97. The lowest BCUT2D eigenvalue weighted by Gasteiger charge is -2.37. The van der Waals surface area contributed by atoms with Crippen LogP contribution in [0.1, 0.15) is 39.5 Å². The SMILES string of the molecule is CC(C)Oc1ccccc1N1CCN(CC2CC(CN3CCCCC3=O)=NO2)CC1.O.[O-][Cl+3]([O-])([O-])O. The number of piperidine rings is 1. The lowest BCUT2D eigenvalue weighted by molar-refractivity contribution is -1.92. The number of anilines is 1. The Morgan fingerprint density at radius 3 is 2.44 bits per heavy atom. The Morgan fingerprint density at radius 1 is 1.14 bits per heavy atom. The minimum absolute atomic E-state index is 0. The van der Waals surface area contributed by atoms with Gasteiger partial charge in [-0.25, -0.2) is 0 Å².